The highest BCUT2D eigenvalue weighted by Gasteiger charge is 2.32. The summed E-state index contributed by atoms with van der Waals surface area (Å²) in [4.78, 5) is 27.4. The van der Waals surface area contributed by atoms with Crippen molar-refractivity contribution in [1.29, 1.82) is 0 Å². The molecule has 5 rings (SSSR count). The van der Waals surface area contributed by atoms with E-state index in [1.165, 1.54) is 5.56 Å². The lowest BCUT2D eigenvalue weighted by atomic mass is 10.1. The monoisotopic (exact) mass is 413 g/mol. The van der Waals surface area contributed by atoms with Crippen molar-refractivity contribution in [2.24, 2.45) is 0 Å². The predicted molar refractivity (Wildman–Crippen MR) is 119 cm³/mol. The first kappa shape index (κ1) is 19.3. The Bertz CT molecular complexity index is 1160. The fourth-order valence-electron chi connectivity index (χ4n) is 4.49. The molecule has 0 bridgehead atoms. The summed E-state index contributed by atoms with van der Waals surface area (Å²) in [6.07, 6.45) is 0.696. The number of amides is 3. The number of rotatable bonds is 3. The van der Waals surface area contributed by atoms with Gasteiger partial charge in [0, 0.05) is 29.9 Å². The van der Waals surface area contributed by atoms with Crippen LogP contribution in [0.2, 0.25) is 0 Å². The Balaban J connectivity index is 1.29. The second-order valence-electron chi connectivity index (χ2n) is 7.96. The SMILES string of the molecule is O=C(Nc1cccc(C(=O)N2CCc3ccccc32)c1)N[C@@H]1c2ccccc2C[C@@H]1O. The molecule has 0 spiro atoms. The second-order valence-corrected chi connectivity index (χ2v) is 7.96. The summed E-state index contributed by atoms with van der Waals surface area (Å²) in [6, 6.07) is 21.7. The molecule has 3 amide bonds. The Kier molecular flexibility index (Phi) is 4.92. The number of urea groups is 1. The summed E-state index contributed by atoms with van der Waals surface area (Å²) in [5, 5.41) is 16.0. The van der Waals surface area contributed by atoms with E-state index in [1.54, 1.807) is 29.2 Å². The van der Waals surface area contributed by atoms with Gasteiger partial charge < -0.3 is 20.6 Å². The van der Waals surface area contributed by atoms with Crippen LogP contribution in [0.5, 0.6) is 0 Å². The van der Waals surface area contributed by atoms with Crippen molar-refractivity contribution in [3.05, 3.63) is 95.1 Å². The number of nitrogens with one attached hydrogen (secondary N) is 2. The molecule has 0 aromatic heterocycles. The van der Waals surface area contributed by atoms with Crippen molar-refractivity contribution in [1.82, 2.24) is 5.32 Å². The fraction of sp³-hybridized carbons (Fsp3) is 0.200. The van der Waals surface area contributed by atoms with Gasteiger partial charge in [-0.15, -0.1) is 0 Å². The van der Waals surface area contributed by atoms with Crippen LogP contribution in [0.1, 0.15) is 33.1 Å². The molecule has 6 nitrogen and oxygen atoms in total. The maximum Gasteiger partial charge on any atom is 0.319 e. The summed E-state index contributed by atoms with van der Waals surface area (Å²) in [5.41, 5.74) is 5.12. The lowest BCUT2D eigenvalue weighted by molar-refractivity contribution is 0.0989. The zero-order valence-electron chi connectivity index (χ0n) is 16.9. The number of aliphatic hydroxyl groups excluding tert-OH is 1. The molecule has 31 heavy (non-hydrogen) atoms. The lowest BCUT2D eigenvalue weighted by Gasteiger charge is -2.19. The number of hydrogen-bond donors (Lipinski definition) is 3. The Morgan fingerprint density at radius 3 is 2.58 bits per heavy atom. The lowest BCUT2D eigenvalue weighted by Crippen LogP contribution is -2.36. The van der Waals surface area contributed by atoms with Gasteiger partial charge in [0.25, 0.3) is 5.91 Å². The minimum Gasteiger partial charge on any atom is -0.390 e. The minimum atomic E-state index is -0.661. The number of hydrogen-bond acceptors (Lipinski definition) is 3. The third-order valence-corrected chi connectivity index (χ3v) is 5.99. The number of para-hydroxylation sites is 1. The highest BCUT2D eigenvalue weighted by atomic mass is 16.3. The molecule has 3 aromatic carbocycles. The first-order chi connectivity index (χ1) is 15.1. The maximum atomic E-state index is 13.1. The van der Waals surface area contributed by atoms with Crippen LogP contribution in [-0.2, 0) is 12.8 Å². The third kappa shape index (κ3) is 3.66. The number of anilines is 2. The molecule has 6 heteroatoms. The molecular weight excluding hydrogens is 390 g/mol. The molecule has 0 unspecified atom stereocenters. The third-order valence-electron chi connectivity index (χ3n) is 5.99. The zero-order chi connectivity index (χ0) is 21.4. The Morgan fingerprint density at radius 1 is 0.935 bits per heavy atom. The van der Waals surface area contributed by atoms with E-state index < -0.39 is 18.2 Å². The molecular formula is C25H23N3O3. The van der Waals surface area contributed by atoms with Gasteiger partial charge in [0.1, 0.15) is 0 Å². The van der Waals surface area contributed by atoms with E-state index in [9.17, 15) is 14.7 Å². The topological polar surface area (TPSA) is 81.7 Å². The highest BCUT2D eigenvalue weighted by Crippen LogP contribution is 2.31. The van der Waals surface area contributed by atoms with Crippen LogP contribution >= 0.6 is 0 Å². The summed E-state index contributed by atoms with van der Waals surface area (Å²) < 4.78 is 0. The van der Waals surface area contributed by atoms with Crippen molar-refractivity contribution in [2.45, 2.75) is 25.0 Å². The summed E-state index contributed by atoms with van der Waals surface area (Å²) >= 11 is 0. The average Bonchev–Trinajstić information content (AvgIpc) is 3.34. The van der Waals surface area contributed by atoms with Gasteiger partial charge in [-0.2, -0.15) is 0 Å². The molecule has 2 atom stereocenters. The van der Waals surface area contributed by atoms with E-state index in [0.29, 0.717) is 24.2 Å². The van der Waals surface area contributed by atoms with Crippen molar-refractivity contribution >= 4 is 23.3 Å². The molecule has 1 aliphatic heterocycles. The number of nitrogens with zero attached hydrogens (tertiary/aromatic N) is 1. The minimum absolute atomic E-state index is 0.0887. The Hall–Kier alpha value is -3.64. The van der Waals surface area contributed by atoms with Crippen LogP contribution in [-0.4, -0.2) is 29.7 Å². The fourth-order valence-corrected chi connectivity index (χ4v) is 4.49. The first-order valence-corrected chi connectivity index (χ1v) is 10.4. The van der Waals surface area contributed by atoms with E-state index in [4.69, 9.17) is 0 Å². The highest BCUT2D eigenvalue weighted by molar-refractivity contribution is 6.08. The number of carbonyl (C=O) groups excluding carboxylic acids is 2. The van der Waals surface area contributed by atoms with Crippen molar-refractivity contribution < 1.29 is 14.7 Å². The number of aliphatic hydroxyl groups is 1. The standard InChI is InChI=1S/C25H23N3O3/c29-22-15-17-7-1-3-10-20(17)23(22)27-25(31)26-19-9-5-8-18(14-19)24(30)28-13-12-16-6-2-4-11-21(16)28/h1-11,14,22-23,29H,12-13,15H2,(H2,26,27,31)/t22-,23+/m0/s1. The van der Waals surface area contributed by atoms with Crippen LogP contribution < -0.4 is 15.5 Å². The molecule has 156 valence electrons. The molecule has 0 fully saturated rings. The quantitative estimate of drug-likeness (QED) is 0.613. The van der Waals surface area contributed by atoms with Crippen molar-refractivity contribution in [3.8, 4) is 0 Å². The van der Waals surface area contributed by atoms with E-state index in [-0.39, 0.29) is 5.91 Å². The predicted octanol–water partition coefficient (Wildman–Crippen LogP) is 3.67. The summed E-state index contributed by atoms with van der Waals surface area (Å²) in [5.74, 6) is -0.0887. The molecule has 0 saturated heterocycles. The molecule has 2 aliphatic rings. The van der Waals surface area contributed by atoms with Gasteiger partial charge in [0.2, 0.25) is 0 Å². The van der Waals surface area contributed by atoms with Gasteiger partial charge in [-0.1, -0.05) is 48.5 Å². The normalized spacial score (nSPS) is 18.9. The van der Waals surface area contributed by atoms with Crippen LogP contribution in [0.25, 0.3) is 0 Å². The van der Waals surface area contributed by atoms with Gasteiger partial charge in [0.15, 0.2) is 0 Å². The summed E-state index contributed by atoms with van der Waals surface area (Å²) in [7, 11) is 0. The van der Waals surface area contributed by atoms with E-state index in [2.05, 4.69) is 10.6 Å². The maximum absolute atomic E-state index is 13.1. The number of benzene rings is 3. The van der Waals surface area contributed by atoms with Crippen LogP contribution in [0.4, 0.5) is 16.2 Å². The molecule has 1 aliphatic carbocycles. The van der Waals surface area contributed by atoms with Gasteiger partial charge in [-0.3, -0.25) is 4.79 Å². The van der Waals surface area contributed by atoms with Crippen LogP contribution in [0.3, 0.4) is 0 Å². The van der Waals surface area contributed by atoms with Crippen molar-refractivity contribution in [3.63, 3.8) is 0 Å². The van der Waals surface area contributed by atoms with Gasteiger partial charge in [0.05, 0.1) is 12.1 Å². The van der Waals surface area contributed by atoms with Gasteiger partial charge in [-0.25, -0.2) is 4.79 Å². The second kappa shape index (κ2) is 7.89. The van der Waals surface area contributed by atoms with E-state index in [1.807, 2.05) is 48.5 Å². The number of carbonyl (C=O) groups is 2. The molecule has 3 N–H and O–H groups in total. The van der Waals surface area contributed by atoms with E-state index in [0.717, 1.165) is 23.2 Å². The Morgan fingerprint density at radius 2 is 1.71 bits per heavy atom. The molecule has 1 heterocycles. The average molecular weight is 413 g/mol. The zero-order valence-corrected chi connectivity index (χ0v) is 16.9. The number of fused-ring (bicyclic) bond motifs is 2. The van der Waals surface area contributed by atoms with Crippen molar-refractivity contribution in [2.75, 3.05) is 16.8 Å². The van der Waals surface area contributed by atoms with Gasteiger partial charge in [-0.05, 0) is 47.4 Å². The molecule has 0 saturated carbocycles. The smallest absolute Gasteiger partial charge is 0.319 e. The molecule has 3 aromatic rings. The first-order valence-electron chi connectivity index (χ1n) is 10.4. The van der Waals surface area contributed by atoms with Gasteiger partial charge >= 0.3 is 6.03 Å². The summed E-state index contributed by atoms with van der Waals surface area (Å²) in [6.45, 7) is 0.648. The Labute approximate surface area is 180 Å². The largest absolute Gasteiger partial charge is 0.390 e. The van der Waals surface area contributed by atoms with Crippen LogP contribution in [0, 0.1) is 0 Å². The molecule has 0 radical (unpaired) electrons. The van der Waals surface area contributed by atoms with E-state index >= 15 is 0 Å². The van der Waals surface area contributed by atoms with Crippen LogP contribution in [0.15, 0.2) is 72.8 Å².